The molecule has 1 aromatic carbocycles. The third-order valence-electron chi connectivity index (χ3n) is 6.61. The number of carbonyl (C=O) groups is 2. The first-order valence-corrected chi connectivity index (χ1v) is 11.2. The summed E-state index contributed by atoms with van der Waals surface area (Å²) in [7, 11) is 0. The Morgan fingerprint density at radius 3 is 2.76 bits per heavy atom. The van der Waals surface area contributed by atoms with Gasteiger partial charge in [0.15, 0.2) is 0 Å². The highest BCUT2D eigenvalue weighted by Crippen LogP contribution is 2.39. The number of cyclic esters (lactones) is 1. The monoisotopic (exact) mass is 463 g/mol. The third-order valence-corrected chi connectivity index (χ3v) is 6.61. The molecule has 3 N–H and O–H groups in total. The van der Waals surface area contributed by atoms with Gasteiger partial charge in [0, 0.05) is 16.5 Å². The van der Waals surface area contributed by atoms with E-state index in [0.29, 0.717) is 35.4 Å². The molecule has 5 rings (SSSR count). The summed E-state index contributed by atoms with van der Waals surface area (Å²) >= 11 is 0. The van der Waals surface area contributed by atoms with Gasteiger partial charge < -0.3 is 24.9 Å². The maximum absolute atomic E-state index is 13.4. The summed E-state index contributed by atoms with van der Waals surface area (Å²) in [5.41, 5.74) is 9.92. The standard InChI is InChI=1S/C25H25N3O6/c1-4-13-14-7-12(29)5-6-18(14)27-21-16(13)9-28-19(21)8-15-17(23(28)30)10-33-25(32)22(15)34-24(31)20(26)11(2)3/h5-8,11,20,22,29H,4,9-10,26H2,1-3H3/t20?,22-/m0/s1. The van der Waals surface area contributed by atoms with Crippen LogP contribution in [0.4, 0.5) is 0 Å². The van der Waals surface area contributed by atoms with E-state index in [-0.39, 0.29) is 29.4 Å². The van der Waals surface area contributed by atoms with Gasteiger partial charge in [-0.05, 0) is 42.2 Å². The molecule has 176 valence electrons. The topological polar surface area (TPSA) is 134 Å². The van der Waals surface area contributed by atoms with Crippen LogP contribution >= 0.6 is 0 Å². The molecule has 0 amide bonds. The molecule has 1 unspecified atom stereocenters. The molecule has 0 bridgehead atoms. The number of nitrogens with zero attached hydrogens (tertiary/aromatic N) is 2. The number of aromatic nitrogens is 2. The maximum atomic E-state index is 13.4. The molecule has 9 heteroatoms. The number of phenols is 1. The van der Waals surface area contributed by atoms with Crippen molar-refractivity contribution in [3.63, 3.8) is 0 Å². The number of aryl methyl sites for hydroxylation is 1. The molecule has 34 heavy (non-hydrogen) atoms. The normalized spacial score (nSPS) is 17.2. The van der Waals surface area contributed by atoms with Crippen LogP contribution in [0.25, 0.3) is 22.3 Å². The lowest BCUT2D eigenvalue weighted by atomic mass is 9.97. The van der Waals surface area contributed by atoms with E-state index < -0.39 is 24.1 Å². The van der Waals surface area contributed by atoms with Crippen molar-refractivity contribution in [2.45, 2.75) is 52.5 Å². The number of hydrogen-bond donors (Lipinski definition) is 2. The van der Waals surface area contributed by atoms with Crippen molar-refractivity contribution >= 4 is 22.8 Å². The number of benzene rings is 1. The van der Waals surface area contributed by atoms with Crippen LogP contribution in [-0.2, 0) is 38.6 Å². The second-order valence-electron chi connectivity index (χ2n) is 9.02. The van der Waals surface area contributed by atoms with Crippen LogP contribution in [0.3, 0.4) is 0 Å². The van der Waals surface area contributed by atoms with Crippen LogP contribution in [-0.4, -0.2) is 32.6 Å². The van der Waals surface area contributed by atoms with Crippen LogP contribution in [0.2, 0.25) is 0 Å². The van der Waals surface area contributed by atoms with Crippen molar-refractivity contribution in [1.29, 1.82) is 0 Å². The van der Waals surface area contributed by atoms with Crippen molar-refractivity contribution in [1.82, 2.24) is 9.55 Å². The number of fused-ring (bicyclic) bond motifs is 5. The van der Waals surface area contributed by atoms with E-state index in [1.165, 1.54) is 0 Å². The van der Waals surface area contributed by atoms with E-state index in [2.05, 4.69) is 0 Å². The zero-order valence-corrected chi connectivity index (χ0v) is 19.1. The van der Waals surface area contributed by atoms with Gasteiger partial charge in [0.1, 0.15) is 18.4 Å². The Kier molecular flexibility index (Phi) is 5.16. The van der Waals surface area contributed by atoms with Gasteiger partial charge in [-0.3, -0.25) is 9.59 Å². The number of pyridine rings is 2. The first kappa shape index (κ1) is 22.1. The van der Waals surface area contributed by atoms with E-state index in [1.807, 2.05) is 6.92 Å². The lowest BCUT2D eigenvalue weighted by molar-refractivity contribution is -0.173. The van der Waals surface area contributed by atoms with Crippen molar-refractivity contribution in [3.05, 3.63) is 56.9 Å². The lowest BCUT2D eigenvalue weighted by Gasteiger charge is -2.26. The molecule has 3 aromatic rings. The zero-order valence-electron chi connectivity index (χ0n) is 19.1. The van der Waals surface area contributed by atoms with Gasteiger partial charge in [-0.25, -0.2) is 9.78 Å². The van der Waals surface area contributed by atoms with Gasteiger partial charge in [0.05, 0.1) is 29.0 Å². The molecule has 0 saturated heterocycles. The number of nitrogens with two attached hydrogens (primary N) is 1. The Morgan fingerprint density at radius 2 is 2.06 bits per heavy atom. The number of rotatable bonds is 4. The molecule has 0 spiro atoms. The second-order valence-corrected chi connectivity index (χ2v) is 9.02. The Bertz CT molecular complexity index is 1420. The predicted molar refractivity (Wildman–Crippen MR) is 123 cm³/mol. The Balaban J connectivity index is 1.67. The van der Waals surface area contributed by atoms with Gasteiger partial charge >= 0.3 is 11.9 Å². The average molecular weight is 463 g/mol. The molecule has 0 radical (unpaired) electrons. The van der Waals surface area contributed by atoms with E-state index in [4.69, 9.17) is 20.2 Å². The van der Waals surface area contributed by atoms with E-state index in [0.717, 1.165) is 16.5 Å². The van der Waals surface area contributed by atoms with Crippen molar-refractivity contribution in [2.24, 2.45) is 11.7 Å². The highest BCUT2D eigenvalue weighted by Gasteiger charge is 2.38. The highest BCUT2D eigenvalue weighted by atomic mass is 16.6. The van der Waals surface area contributed by atoms with Crippen molar-refractivity contribution in [2.75, 3.05) is 0 Å². The van der Waals surface area contributed by atoms with E-state index in [9.17, 15) is 19.5 Å². The molecule has 0 fully saturated rings. The maximum Gasteiger partial charge on any atom is 0.352 e. The fraction of sp³-hybridized carbons (Fsp3) is 0.360. The Morgan fingerprint density at radius 1 is 1.29 bits per heavy atom. The summed E-state index contributed by atoms with van der Waals surface area (Å²) in [5.74, 6) is -1.51. The van der Waals surface area contributed by atoms with Crippen LogP contribution < -0.4 is 11.3 Å². The smallest absolute Gasteiger partial charge is 0.352 e. The predicted octanol–water partition coefficient (Wildman–Crippen LogP) is 2.32. The number of hydrogen-bond acceptors (Lipinski definition) is 8. The van der Waals surface area contributed by atoms with Crippen LogP contribution in [0.15, 0.2) is 29.1 Å². The molecule has 2 aliphatic heterocycles. The molecule has 0 aliphatic carbocycles. The summed E-state index contributed by atoms with van der Waals surface area (Å²) < 4.78 is 12.2. The number of esters is 2. The summed E-state index contributed by atoms with van der Waals surface area (Å²) in [6.45, 7) is 5.68. The zero-order chi connectivity index (χ0) is 24.3. The highest BCUT2D eigenvalue weighted by molar-refractivity contribution is 5.89. The molecule has 2 atom stereocenters. The summed E-state index contributed by atoms with van der Waals surface area (Å²) in [6, 6.07) is 5.77. The van der Waals surface area contributed by atoms with E-state index >= 15 is 0 Å². The largest absolute Gasteiger partial charge is 0.508 e. The molecule has 4 heterocycles. The van der Waals surface area contributed by atoms with E-state index in [1.54, 1.807) is 42.7 Å². The molecular formula is C25H25N3O6. The Labute approximate surface area is 195 Å². The van der Waals surface area contributed by atoms with Crippen LogP contribution in [0.5, 0.6) is 5.75 Å². The van der Waals surface area contributed by atoms with Gasteiger partial charge in [0.2, 0.25) is 6.10 Å². The fourth-order valence-electron chi connectivity index (χ4n) is 4.67. The first-order valence-electron chi connectivity index (χ1n) is 11.2. The van der Waals surface area contributed by atoms with Crippen molar-refractivity contribution < 1.29 is 24.2 Å². The Hall–Kier alpha value is -3.72. The number of carbonyl (C=O) groups excluding carboxylic acids is 2. The van der Waals surface area contributed by atoms with Crippen LogP contribution in [0.1, 0.15) is 49.1 Å². The summed E-state index contributed by atoms with van der Waals surface area (Å²) in [4.78, 5) is 43.3. The molecule has 9 nitrogen and oxygen atoms in total. The number of phenolic OH excluding ortho intramolecular Hbond substituents is 1. The van der Waals surface area contributed by atoms with Gasteiger partial charge in [-0.2, -0.15) is 0 Å². The second kappa shape index (κ2) is 7.95. The molecule has 2 aromatic heterocycles. The van der Waals surface area contributed by atoms with Gasteiger partial charge in [0.25, 0.3) is 5.56 Å². The lowest BCUT2D eigenvalue weighted by Crippen LogP contribution is -2.40. The minimum absolute atomic E-state index is 0.145. The summed E-state index contributed by atoms with van der Waals surface area (Å²) in [5, 5.41) is 10.8. The third kappa shape index (κ3) is 3.27. The van der Waals surface area contributed by atoms with Crippen LogP contribution in [0, 0.1) is 5.92 Å². The quantitative estimate of drug-likeness (QED) is 0.441. The van der Waals surface area contributed by atoms with Gasteiger partial charge in [-0.1, -0.05) is 20.8 Å². The molecular weight excluding hydrogens is 438 g/mol. The number of ether oxygens (including phenoxy) is 2. The minimum atomic E-state index is -1.37. The fourth-order valence-corrected chi connectivity index (χ4v) is 4.67. The minimum Gasteiger partial charge on any atom is -0.508 e. The average Bonchev–Trinajstić information content (AvgIpc) is 3.17. The van der Waals surface area contributed by atoms with Gasteiger partial charge in [-0.15, -0.1) is 0 Å². The SMILES string of the molecule is CCc1c2c(nc3ccc(O)cc13)-c1cc3c(c(=O)n1C2)COC(=O)[C@H]3OC(=O)C(N)C(C)C. The molecule has 0 saturated carbocycles. The summed E-state index contributed by atoms with van der Waals surface area (Å²) in [6.07, 6.45) is -0.686. The first-order chi connectivity index (χ1) is 16.2. The number of aromatic hydroxyl groups is 1. The molecule has 2 aliphatic rings. The van der Waals surface area contributed by atoms with Crippen molar-refractivity contribution in [3.8, 4) is 17.1 Å².